The minimum absolute atomic E-state index is 0.886. The molecule has 1 aromatic heterocycles. The van der Waals surface area contributed by atoms with E-state index in [4.69, 9.17) is 5.41 Å². The molecule has 2 N–H and O–H groups in total. The second-order valence-corrected chi connectivity index (χ2v) is 3.60. The second kappa shape index (κ2) is 4.57. The summed E-state index contributed by atoms with van der Waals surface area (Å²) in [7, 11) is 0. The Balaban J connectivity index is 2.31. The smallest absolute Gasteiger partial charge is 0.0473 e. The first kappa shape index (κ1) is 10.4. The Morgan fingerprint density at radius 2 is 1.94 bits per heavy atom. The molecule has 0 aliphatic heterocycles. The van der Waals surface area contributed by atoms with E-state index < -0.39 is 0 Å². The van der Waals surface area contributed by atoms with Crippen LogP contribution in [0.2, 0.25) is 0 Å². The van der Waals surface area contributed by atoms with E-state index >= 15 is 0 Å². The summed E-state index contributed by atoms with van der Waals surface area (Å²) in [6.07, 6.45) is 4.83. The molecule has 0 fully saturated rings. The van der Waals surface area contributed by atoms with Crippen molar-refractivity contribution in [3.63, 3.8) is 0 Å². The molecular formula is C13H13N3. The summed E-state index contributed by atoms with van der Waals surface area (Å²) in [4.78, 5) is 3.96. The minimum Gasteiger partial charge on any atom is -0.355 e. The highest BCUT2D eigenvalue weighted by atomic mass is 14.9. The van der Waals surface area contributed by atoms with Gasteiger partial charge in [0.2, 0.25) is 0 Å². The first-order chi connectivity index (χ1) is 7.79. The number of aryl methyl sites for hydroxylation is 1. The van der Waals surface area contributed by atoms with E-state index in [2.05, 4.69) is 10.3 Å². The van der Waals surface area contributed by atoms with Crippen LogP contribution in [0, 0.1) is 12.3 Å². The van der Waals surface area contributed by atoms with Crippen LogP contribution >= 0.6 is 0 Å². The quantitative estimate of drug-likeness (QED) is 0.766. The Labute approximate surface area is 94.7 Å². The van der Waals surface area contributed by atoms with Crippen molar-refractivity contribution < 1.29 is 0 Å². The first-order valence-corrected chi connectivity index (χ1v) is 5.08. The van der Waals surface area contributed by atoms with E-state index in [0.717, 1.165) is 22.5 Å². The largest absolute Gasteiger partial charge is 0.355 e. The number of nitrogens with one attached hydrogen (secondary N) is 2. The van der Waals surface area contributed by atoms with Crippen molar-refractivity contribution in [1.82, 2.24) is 4.98 Å². The summed E-state index contributed by atoms with van der Waals surface area (Å²) in [6, 6.07) is 9.78. The second-order valence-electron chi connectivity index (χ2n) is 3.60. The number of aromatic nitrogens is 1. The number of anilines is 2. The highest BCUT2D eigenvalue weighted by Crippen LogP contribution is 2.20. The van der Waals surface area contributed by atoms with Gasteiger partial charge in [0.05, 0.1) is 0 Å². The van der Waals surface area contributed by atoms with E-state index in [0.29, 0.717) is 0 Å². The Morgan fingerprint density at radius 3 is 2.62 bits per heavy atom. The number of pyridine rings is 1. The molecule has 1 aromatic carbocycles. The van der Waals surface area contributed by atoms with Crippen LogP contribution in [-0.2, 0) is 0 Å². The van der Waals surface area contributed by atoms with Gasteiger partial charge in [-0.15, -0.1) is 0 Å². The van der Waals surface area contributed by atoms with Crippen LogP contribution in [0.25, 0.3) is 0 Å². The lowest BCUT2D eigenvalue weighted by atomic mass is 10.1. The maximum Gasteiger partial charge on any atom is 0.0473 e. The molecule has 3 nitrogen and oxygen atoms in total. The van der Waals surface area contributed by atoms with Crippen LogP contribution in [0.1, 0.15) is 11.1 Å². The molecule has 0 radical (unpaired) electrons. The van der Waals surface area contributed by atoms with Crippen molar-refractivity contribution >= 4 is 17.6 Å². The summed E-state index contributed by atoms with van der Waals surface area (Å²) < 4.78 is 0. The van der Waals surface area contributed by atoms with Gasteiger partial charge in [-0.1, -0.05) is 11.6 Å². The van der Waals surface area contributed by atoms with Gasteiger partial charge in [-0.2, -0.15) is 0 Å². The fourth-order valence-corrected chi connectivity index (χ4v) is 1.51. The molecule has 0 spiro atoms. The molecule has 0 bridgehead atoms. The van der Waals surface area contributed by atoms with Crippen molar-refractivity contribution in [2.45, 2.75) is 6.92 Å². The van der Waals surface area contributed by atoms with Gasteiger partial charge in [-0.3, -0.25) is 4.98 Å². The van der Waals surface area contributed by atoms with E-state index in [1.165, 1.54) is 6.21 Å². The molecule has 2 aromatic rings. The maximum atomic E-state index is 7.37. The van der Waals surface area contributed by atoms with Crippen molar-refractivity contribution in [1.29, 1.82) is 5.41 Å². The lowest BCUT2D eigenvalue weighted by Crippen LogP contribution is -1.95. The molecule has 0 atom stereocenters. The van der Waals surface area contributed by atoms with E-state index in [1.54, 1.807) is 12.4 Å². The Kier molecular flexibility index (Phi) is 2.96. The summed E-state index contributed by atoms with van der Waals surface area (Å²) in [5.41, 5.74) is 3.95. The monoisotopic (exact) mass is 211 g/mol. The predicted molar refractivity (Wildman–Crippen MR) is 66.6 cm³/mol. The average molecular weight is 211 g/mol. The number of hydrogen-bond acceptors (Lipinski definition) is 3. The van der Waals surface area contributed by atoms with Crippen molar-refractivity contribution in [2.75, 3.05) is 5.32 Å². The van der Waals surface area contributed by atoms with Gasteiger partial charge >= 0.3 is 0 Å². The van der Waals surface area contributed by atoms with E-state index in [-0.39, 0.29) is 0 Å². The molecule has 0 saturated heterocycles. The van der Waals surface area contributed by atoms with E-state index in [9.17, 15) is 0 Å². The highest BCUT2D eigenvalue weighted by molar-refractivity contribution is 5.87. The van der Waals surface area contributed by atoms with Crippen LogP contribution in [-0.4, -0.2) is 11.2 Å². The van der Waals surface area contributed by atoms with Gasteiger partial charge in [-0.05, 0) is 31.2 Å². The van der Waals surface area contributed by atoms with Gasteiger partial charge < -0.3 is 10.7 Å². The van der Waals surface area contributed by atoms with Gasteiger partial charge in [0.1, 0.15) is 0 Å². The molecular weight excluding hydrogens is 198 g/mol. The molecule has 16 heavy (non-hydrogen) atoms. The third kappa shape index (κ3) is 2.25. The zero-order valence-electron chi connectivity index (χ0n) is 9.07. The fraction of sp³-hybridized carbons (Fsp3) is 0.0769. The first-order valence-electron chi connectivity index (χ1n) is 5.08. The van der Waals surface area contributed by atoms with Crippen LogP contribution in [0.4, 0.5) is 11.4 Å². The van der Waals surface area contributed by atoms with Crippen LogP contribution in [0.15, 0.2) is 42.7 Å². The molecule has 2 rings (SSSR count). The molecule has 3 heteroatoms. The summed E-state index contributed by atoms with van der Waals surface area (Å²) in [5, 5.41) is 10.6. The van der Waals surface area contributed by atoms with Gasteiger partial charge in [0.25, 0.3) is 0 Å². The molecule has 80 valence electrons. The Morgan fingerprint density at radius 1 is 1.19 bits per heavy atom. The van der Waals surface area contributed by atoms with Crippen molar-refractivity contribution in [3.05, 3.63) is 53.9 Å². The topological polar surface area (TPSA) is 48.8 Å². The zero-order chi connectivity index (χ0) is 11.4. The van der Waals surface area contributed by atoms with Crippen LogP contribution < -0.4 is 5.32 Å². The minimum atomic E-state index is 0.886. The summed E-state index contributed by atoms with van der Waals surface area (Å²) >= 11 is 0. The van der Waals surface area contributed by atoms with Crippen molar-refractivity contribution in [2.24, 2.45) is 0 Å². The number of nitrogens with zero attached hydrogens (tertiary/aromatic N) is 1. The molecule has 0 unspecified atom stereocenters. The summed E-state index contributed by atoms with van der Waals surface area (Å²) in [5.74, 6) is 0. The van der Waals surface area contributed by atoms with Gasteiger partial charge in [0.15, 0.2) is 0 Å². The molecule has 0 saturated carbocycles. The third-order valence-electron chi connectivity index (χ3n) is 2.32. The number of hydrogen-bond donors (Lipinski definition) is 2. The Hall–Kier alpha value is -2.16. The SMILES string of the molecule is Cc1ccc(Nc2ccncc2)c(C=N)c1. The third-order valence-corrected chi connectivity index (χ3v) is 2.32. The standard InChI is InChI=1S/C13H13N3/c1-10-2-3-13(11(8-10)9-14)16-12-4-6-15-7-5-12/h2-9,14H,1H3,(H,15,16). The lowest BCUT2D eigenvalue weighted by molar-refractivity contribution is 1.32. The fourth-order valence-electron chi connectivity index (χ4n) is 1.51. The summed E-state index contributed by atoms with van der Waals surface area (Å²) in [6.45, 7) is 2.02. The lowest BCUT2D eigenvalue weighted by Gasteiger charge is -2.09. The maximum absolute atomic E-state index is 7.37. The predicted octanol–water partition coefficient (Wildman–Crippen LogP) is 3.13. The molecule has 0 aliphatic carbocycles. The van der Waals surface area contributed by atoms with Gasteiger partial charge in [0, 0.05) is 35.5 Å². The van der Waals surface area contributed by atoms with E-state index in [1.807, 2.05) is 37.3 Å². The highest BCUT2D eigenvalue weighted by Gasteiger charge is 2.00. The van der Waals surface area contributed by atoms with Crippen molar-refractivity contribution in [3.8, 4) is 0 Å². The number of rotatable bonds is 3. The molecule has 0 aliphatic rings. The zero-order valence-corrected chi connectivity index (χ0v) is 9.07. The number of benzene rings is 1. The Bertz CT molecular complexity index is 492. The molecule has 0 amide bonds. The van der Waals surface area contributed by atoms with Crippen LogP contribution in [0.5, 0.6) is 0 Å². The average Bonchev–Trinajstić information content (AvgIpc) is 2.33. The van der Waals surface area contributed by atoms with Gasteiger partial charge in [-0.25, -0.2) is 0 Å². The van der Waals surface area contributed by atoms with Crippen LogP contribution in [0.3, 0.4) is 0 Å². The molecule has 1 heterocycles. The normalized spacial score (nSPS) is 9.81.